The summed E-state index contributed by atoms with van der Waals surface area (Å²) in [4.78, 5) is 12.5. The van der Waals surface area contributed by atoms with Crippen molar-refractivity contribution in [3.63, 3.8) is 0 Å². The van der Waals surface area contributed by atoms with Crippen molar-refractivity contribution in [2.75, 3.05) is 13.2 Å². The average Bonchev–Trinajstić information content (AvgIpc) is 2.63. The van der Waals surface area contributed by atoms with Gasteiger partial charge in [0.15, 0.2) is 29.0 Å². The average molecular weight is 388 g/mol. The van der Waals surface area contributed by atoms with Gasteiger partial charge in [-0.05, 0) is 30.3 Å². The normalized spacial score (nSPS) is 13.3. The molecule has 0 radical (unpaired) electrons. The molecule has 1 aliphatic heterocycles. The van der Waals surface area contributed by atoms with Crippen molar-refractivity contribution in [3.8, 4) is 11.5 Å². The fraction of sp³-hybridized carbons (Fsp3) is 0.133. The molecule has 2 aromatic carbocycles. The van der Waals surface area contributed by atoms with Crippen LogP contribution in [-0.4, -0.2) is 27.5 Å². The monoisotopic (exact) mass is 388 g/mol. The summed E-state index contributed by atoms with van der Waals surface area (Å²) in [7, 11) is -4.67. The maximum absolute atomic E-state index is 13.6. The number of sulfonamides is 1. The van der Waals surface area contributed by atoms with Gasteiger partial charge in [0.1, 0.15) is 18.1 Å². The van der Waals surface area contributed by atoms with Crippen molar-refractivity contribution in [1.29, 1.82) is 0 Å². The number of carbonyl (C=O) groups is 1. The fourth-order valence-corrected chi connectivity index (χ4v) is 3.05. The summed E-state index contributed by atoms with van der Waals surface area (Å²) in [6.07, 6.45) is 0. The van der Waals surface area contributed by atoms with E-state index >= 15 is 0 Å². The zero-order chi connectivity index (χ0) is 18.9. The summed E-state index contributed by atoms with van der Waals surface area (Å²) in [5.74, 6) is -5.52. The van der Waals surface area contributed by atoms with Gasteiger partial charge in [0.2, 0.25) is 0 Å². The molecule has 0 saturated carbocycles. The van der Waals surface area contributed by atoms with Crippen LogP contribution >= 0.6 is 0 Å². The van der Waals surface area contributed by atoms with E-state index in [1.54, 1.807) is 4.83 Å². The molecule has 0 bridgehead atoms. The van der Waals surface area contributed by atoms with Crippen LogP contribution in [0, 0.1) is 17.5 Å². The molecule has 0 saturated heterocycles. The van der Waals surface area contributed by atoms with Crippen LogP contribution in [0.25, 0.3) is 0 Å². The van der Waals surface area contributed by atoms with E-state index in [9.17, 15) is 26.4 Å². The number of hydrazine groups is 1. The van der Waals surface area contributed by atoms with Gasteiger partial charge in [-0.1, -0.05) is 0 Å². The molecular formula is C15H11F3N2O5S. The third kappa shape index (κ3) is 3.44. The molecule has 1 aliphatic rings. The Balaban J connectivity index is 1.76. The van der Waals surface area contributed by atoms with Crippen molar-refractivity contribution >= 4 is 15.9 Å². The molecular weight excluding hydrogens is 377 g/mol. The lowest BCUT2D eigenvalue weighted by Gasteiger charge is -2.18. The third-order valence-electron chi connectivity index (χ3n) is 3.39. The second kappa shape index (κ2) is 6.84. The van der Waals surface area contributed by atoms with E-state index in [1.807, 2.05) is 5.43 Å². The standard InChI is InChI=1S/C15H11F3N2O5S/c16-9-2-4-12(14(18)13(9)17)26(22,23)20-19-15(21)8-1-3-10-11(7-8)25-6-5-24-10/h1-4,7,20H,5-6H2,(H,19,21). The largest absolute Gasteiger partial charge is 0.486 e. The minimum absolute atomic E-state index is 0.0303. The highest BCUT2D eigenvalue weighted by Crippen LogP contribution is 2.30. The lowest BCUT2D eigenvalue weighted by atomic mass is 10.2. The third-order valence-corrected chi connectivity index (χ3v) is 4.66. The Morgan fingerprint density at radius 3 is 2.38 bits per heavy atom. The van der Waals surface area contributed by atoms with Gasteiger partial charge < -0.3 is 9.47 Å². The van der Waals surface area contributed by atoms with Crippen LogP contribution in [-0.2, 0) is 10.0 Å². The van der Waals surface area contributed by atoms with Gasteiger partial charge in [-0.2, -0.15) is 0 Å². The van der Waals surface area contributed by atoms with Crippen molar-refractivity contribution in [2.45, 2.75) is 4.90 Å². The molecule has 138 valence electrons. The fourth-order valence-electron chi connectivity index (χ4n) is 2.14. The molecule has 0 fully saturated rings. The highest BCUT2D eigenvalue weighted by Gasteiger charge is 2.25. The Bertz CT molecular complexity index is 981. The molecule has 0 aromatic heterocycles. The maximum Gasteiger partial charge on any atom is 0.266 e. The molecule has 0 atom stereocenters. The van der Waals surface area contributed by atoms with Gasteiger partial charge in [-0.25, -0.2) is 21.6 Å². The minimum Gasteiger partial charge on any atom is -0.486 e. The van der Waals surface area contributed by atoms with Crippen molar-refractivity contribution in [2.24, 2.45) is 0 Å². The number of amides is 1. The first kappa shape index (κ1) is 18.0. The molecule has 0 unspecified atom stereocenters. The van der Waals surface area contributed by atoms with Crippen LogP contribution < -0.4 is 19.7 Å². The van der Waals surface area contributed by atoms with Crippen LogP contribution in [0.15, 0.2) is 35.2 Å². The van der Waals surface area contributed by atoms with Gasteiger partial charge in [0, 0.05) is 5.56 Å². The topological polar surface area (TPSA) is 93.7 Å². The van der Waals surface area contributed by atoms with Crippen LogP contribution in [0.1, 0.15) is 10.4 Å². The Morgan fingerprint density at radius 2 is 1.65 bits per heavy atom. The zero-order valence-corrected chi connectivity index (χ0v) is 13.7. The summed E-state index contributed by atoms with van der Waals surface area (Å²) in [5, 5.41) is 0. The van der Waals surface area contributed by atoms with E-state index in [0.717, 1.165) is 0 Å². The maximum atomic E-state index is 13.6. The lowest BCUT2D eigenvalue weighted by molar-refractivity contribution is 0.0943. The van der Waals surface area contributed by atoms with E-state index in [-0.39, 0.29) is 5.56 Å². The van der Waals surface area contributed by atoms with Crippen LogP contribution in [0.5, 0.6) is 11.5 Å². The van der Waals surface area contributed by atoms with Gasteiger partial charge in [0.25, 0.3) is 15.9 Å². The first-order valence-corrected chi connectivity index (χ1v) is 8.63. The molecule has 0 spiro atoms. The van der Waals surface area contributed by atoms with Gasteiger partial charge in [-0.3, -0.25) is 10.2 Å². The molecule has 7 nitrogen and oxygen atoms in total. The van der Waals surface area contributed by atoms with Crippen molar-refractivity contribution in [1.82, 2.24) is 10.3 Å². The number of rotatable bonds is 4. The number of nitrogens with one attached hydrogen (secondary N) is 2. The number of halogens is 3. The lowest BCUT2D eigenvalue weighted by Crippen LogP contribution is -2.42. The highest BCUT2D eigenvalue weighted by atomic mass is 32.2. The van der Waals surface area contributed by atoms with Crippen LogP contribution in [0.3, 0.4) is 0 Å². The van der Waals surface area contributed by atoms with Crippen LogP contribution in [0.4, 0.5) is 13.2 Å². The summed E-state index contributed by atoms with van der Waals surface area (Å²) in [5.41, 5.74) is 1.88. The Kier molecular flexibility index (Phi) is 4.74. The summed E-state index contributed by atoms with van der Waals surface area (Å²) in [6.45, 7) is 0.651. The second-order valence-electron chi connectivity index (χ2n) is 5.09. The molecule has 0 aliphatic carbocycles. The van der Waals surface area contributed by atoms with E-state index in [1.165, 1.54) is 18.2 Å². The Labute approximate surface area is 145 Å². The molecule has 26 heavy (non-hydrogen) atoms. The quantitative estimate of drug-likeness (QED) is 0.612. The number of benzene rings is 2. The van der Waals surface area contributed by atoms with Gasteiger partial charge in [-0.15, -0.1) is 4.83 Å². The summed E-state index contributed by atoms with van der Waals surface area (Å²) >= 11 is 0. The van der Waals surface area contributed by atoms with E-state index in [0.29, 0.717) is 36.8 Å². The predicted molar refractivity (Wildman–Crippen MR) is 81.5 cm³/mol. The molecule has 2 aromatic rings. The van der Waals surface area contributed by atoms with Crippen LogP contribution in [0.2, 0.25) is 0 Å². The first-order valence-electron chi connectivity index (χ1n) is 7.15. The number of hydrogen-bond donors (Lipinski definition) is 2. The van der Waals surface area contributed by atoms with E-state index in [4.69, 9.17) is 9.47 Å². The molecule has 11 heteroatoms. The van der Waals surface area contributed by atoms with Gasteiger partial charge in [0.05, 0.1) is 0 Å². The van der Waals surface area contributed by atoms with E-state index in [2.05, 4.69) is 0 Å². The summed E-state index contributed by atoms with van der Waals surface area (Å²) in [6, 6.07) is 5.14. The SMILES string of the molecule is O=C(NNS(=O)(=O)c1ccc(F)c(F)c1F)c1ccc2c(c1)OCCO2. The molecule has 3 rings (SSSR count). The highest BCUT2D eigenvalue weighted by molar-refractivity contribution is 7.89. The number of ether oxygens (including phenoxy) is 2. The van der Waals surface area contributed by atoms with Gasteiger partial charge >= 0.3 is 0 Å². The Hall–Kier alpha value is -2.79. The molecule has 1 heterocycles. The smallest absolute Gasteiger partial charge is 0.266 e. The van der Waals surface area contributed by atoms with Crippen molar-refractivity contribution in [3.05, 3.63) is 53.3 Å². The number of fused-ring (bicyclic) bond motifs is 1. The number of hydrogen-bond acceptors (Lipinski definition) is 5. The minimum atomic E-state index is -4.67. The Morgan fingerprint density at radius 1 is 0.962 bits per heavy atom. The zero-order valence-electron chi connectivity index (χ0n) is 12.9. The van der Waals surface area contributed by atoms with Crippen molar-refractivity contribution < 1.29 is 35.9 Å². The molecule has 1 amide bonds. The van der Waals surface area contributed by atoms with E-state index < -0.39 is 38.3 Å². The predicted octanol–water partition coefficient (Wildman–Crippen LogP) is 1.50. The first-order chi connectivity index (χ1) is 12.3. The molecule has 2 N–H and O–H groups in total. The second-order valence-corrected chi connectivity index (χ2v) is 6.74. The number of carbonyl (C=O) groups excluding carboxylic acids is 1. The summed E-state index contributed by atoms with van der Waals surface area (Å²) < 4.78 is 74.3.